The van der Waals surface area contributed by atoms with E-state index in [0.717, 1.165) is 19.4 Å². The van der Waals surface area contributed by atoms with Crippen LogP contribution >= 0.6 is 8.58 Å². The molecular formula is C11H20F2NO2P. The topological polar surface area (TPSA) is 43.7 Å². The summed E-state index contributed by atoms with van der Waals surface area (Å²) in [4.78, 5) is 2.11. The molecule has 0 radical (unpaired) electrons. The molecule has 3 nitrogen and oxygen atoms in total. The Labute approximate surface area is 102 Å². The third-order valence-corrected chi connectivity index (χ3v) is 5.54. The number of halogens is 2. The van der Waals surface area contributed by atoms with Crippen LogP contribution in [0.25, 0.3) is 0 Å². The van der Waals surface area contributed by atoms with Crippen LogP contribution in [-0.2, 0) is 0 Å². The van der Waals surface area contributed by atoms with Crippen molar-refractivity contribution in [2.75, 3.05) is 13.1 Å². The molecule has 0 spiro atoms. The molecule has 4 atom stereocenters. The van der Waals surface area contributed by atoms with Gasteiger partial charge in [0.25, 0.3) is 5.92 Å². The molecule has 0 aromatic heterocycles. The molecule has 1 aliphatic carbocycles. The largest absolute Gasteiger partial charge is 0.368 e. The van der Waals surface area contributed by atoms with Gasteiger partial charge in [0.05, 0.1) is 0 Å². The molecule has 2 rings (SSSR count). The molecule has 17 heavy (non-hydrogen) atoms. The summed E-state index contributed by atoms with van der Waals surface area (Å²) >= 11 is 0. The SMILES string of the molecule is CC(PC1CCCN1CC1CC1(F)F)C(O)O. The van der Waals surface area contributed by atoms with Gasteiger partial charge in [-0.15, -0.1) is 0 Å². The summed E-state index contributed by atoms with van der Waals surface area (Å²) < 4.78 is 25.7. The van der Waals surface area contributed by atoms with Crippen molar-refractivity contribution in [2.24, 2.45) is 5.92 Å². The Morgan fingerprint density at radius 1 is 1.47 bits per heavy atom. The molecule has 0 amide bonds. The van der Waals surface area contributed by atoms with E-state index in [0.29, 0.717) is 15.1 Å². The highest BCUT2D eigenvalue weighted by Crippen LogP contribution is 2.50. The maximum absolute atomic E-state index is 12.9. The van der Waals surface area contributed by atoms with Crippen LogP contribution in [0, 0.1) is 5.92 Å². The predicted octanol–water partition coefficient (Wildman–Crippen LogP) is 1.44. The van der Waals surface area contributed by atoms with E-state index in [1.54, 1.807) is 6.92 Å². The molecule has 2 N–H and O–H groups in total. The van der Waals surface area contributed by atoms with Crippen molar-refractivity contribution in [1.82, 2.24) is 4.90 Å². The fraction of sp³-hybridized carbons (Fsp3) is 1.00. The van der Waals surface area contributed by atoms with Crippen molar-refractivity contribution >= 4 is 8.58 Å². The fourth-order valence-corrected chi connectivity index (χ4v) is 3.97. The highest BCUT2D eigenvalue weighted by molar-refractivity contribution is 7.39. The summed E-state index contributed by atoms with van der Waals surface area (Å²) in [5, 5.41) is 18.1. The van der Waals surface area contributed by atoms with E-state index in [1.807, 2.05) is 0 Å². The second-order valence-electron chi connectivity index (χ2n) is 5.18. The first kappa shape index (κ1) is 13.6. The van der Waals surface area contributed by atoms with Gasteiger partial charge in [-0.3, -0.25) is 4.90 Å². The molecule has 100 valence electrons. The van der Waals surface area contributed by atoms with E-state index < -0.39 is 18.1 Å². The molecule has 1 saturated heterocycles. The second kappa shape index (κ2) is 5.04. The van der Waals surface area contributed by atoms with Crippen LogP contribution in [0.3, 0.4) is 0 Å². The Balaban J connectivity index is 1.81. The van der Waals surface area contributed by atoms with E-state index in [1.165, 1.54) is 0 Å². The fourth-order valence-electron chi connectivity index (χ4n) is 2.37. The number of rotatable bonds is 5. The summed E-state index contributed by atoms with van der Waals surface area (Å²) in [5.41, 5.74) is -0.166. The number of likely N-dealkylation sites (tertiary alicyclic amines) is 1. The zero-order valence-corrected chi connectivity index (χ0v) is 10.9. The van der Waals surface area contributed by atoms with E-state index in [-0.39, 0.29) is 17.9 Å². The number of alkyl halides is 2. The molecule has 0 bridgehead atoms. The Morgan fingerprint density at radius 2 is 2.12 bits per heavy atom. The smallest absolute Gasteiger partial charge is 0.252 e. The minimum absolute atomic E-state index is 0.0253. The molecule has 0 aromatic rings. The average molecular weight is 267 g/mol. The van der Waals surface area contributed by atoms with Gasteiger partial charge >= 0.3 is 0 Å². The van der Waals surface area contributed by atoms with Crippen molar-refractivity contribution in [3.8, 4) is 0 Å². The van der Waals surface area contributed by atoms with Crippen molar-refractivity contribution in [1.29, 1.82) is 0 Å². The highest BCUT2D eigenvalue weighted by atomic mass is 31.1. The Morgan fingerprint density at radius 3 is 2.65 bits per heavy atom. The van der Waals surface area contributed by atoms with Crippen LogP contribution in [0.15, 0.2) is 0 Å². The molecule has 1 saturated carbocycles. The van der Waals surface area contributed by atoms with Gasteiger partial charge in [0, 0.05) is 30.3 Å². The number of nitrogens with zero attached hydrogens (tertiary/aromatic N) is 1. The van der Waals surface area contributed by atoms with Crippen LogP contribution in [0.5, 0.6) is 0 Å². The summed E-state index contributed by atoms with van der Waals surface area (Å²) in [6.07, 6.45) is 0.758. The van der Waals surface area contributed by atoms with Gasteiger partial charge in [-0.1, -0.05) is 15.5 Å². The second-order valence-corrected chi connectivity index (χ2v) is 7.09. The Kier molecular flexibility index (Phi) is 4.03. The standard InChI is InChI=1S/C11H20F2NO2P/c1-7(10(15)16)17-9-3-2-4-14(9)6-8-5-11(8,12)13/h7-10,15-17H,2-6H2,1H3. The molecule has 1 aliphatic heterocycles. The molecule has 2 aliphatic rings. The first-order valence-electron chi connectivity index (χ1n) is 6.14. The van der Waals surface area contributed by atoms with Crippen LogP contribution < -0.4 is 0 Å². The summed E-state index contributed by atoms with van der Waals surface area (Å²) in [6.45, 7) is 3.14. The van der Waals surface area contributed by atoms with Crippen LogP contribution in [-0.4, -0.2) is 51.9 Å². The van der Waals surface area contributed by atoms with E-state index in [9.17, 15) is 8.78 Å². The Bertz CT molecular complexity index is 268. The van der Waals surface area contributed by atoms with E-state index >= 15 is 0 Å². The lowest BCUT2D eigenvalue weighted by Gasteiger charge is -2.27. The molecular weight excluding hydrogens is 247 g/mol. The molecule has 6 heteroatoms. The first-order valence-corrected chi connectivity index (χ1v) is 7.29. The van der Waals surface area contributed by atoms with Gasteiger partial charge in [0.15, 0.2) is 6.29 Å². The maximum atomic E-state index is 12.9. The van der Waals surface area contributed by atoms with E-state index in [4.69, 9.17) is 10.2 Å². The third kappa shape index (κ3) is 3.34. The quantitative estimate of drug-likeness (QED) is 0.585. The van der Waals surface area contributed by atoms with Crippen molar-refractivity contribution in [3.05, 3.63) is 0 Å². The zero-order chi connectivity index (χ0) is 12.6. The summed E-state index contributed by atoms with van der Waals surface area (Å²) in [7, 11) is 0.411. The lowest BCUT2D eigenvalue weighted by atomic mass is 10.4. The maximum Gasteiger partial charge on any atom is 0.252 e. The minimum Gasteiger partial charge on any atom is -0.368 e. The molecule has 1 heterocycles. The number of hydrogen-bond acceptors (Lipinski definition) is 3. The van der Waals surface area contributed by atoms with Crippen LogP contribution in [0.1, 0.15) is 26.2 Å². The van der Waals surface area contributed by atoms with Gasteiger partial charge in [-0.25, -0.2) is 8.78 Å². The minimum atomic E-state index is -2.45. The summed E-state index contributed by atoms with van der Waals surface area (Å²) in [6, 6.07) is 0. The zero-order valence-electron chi connectivity index (χ0n) is 9.94. The van der Waals surface area contributed by atoms with E-state index in [2.05, 4.69) is 4.90 Å². The van der Waals surface area contributed by atoms with Gasteiger partial charge in [-0.05, 0) is 19.4 Å². The highest BCUT2D eigenvalue weighted by Gasteiger charge is 2.57. The van der Waals surface area contributed by atoms with Crippen LogP contribution in [0.2, 0.25) is 0 Å². The van der Waals surface area contributed by atoms with Crippen molar-refractivity contribution in [3.63, 3.8) is 0 Å². The van der Waals surface area contributed by atoms with Gasteiger partial charge in [0.2, 0.25) is 0 Å². The van der Waals surface area contributed by atoms with Crippen molar-refractivity contribution < 1.29 is 19.0 Å². The van der Waals surface area contributed by atoms with Crippen LogP contribution in [0.4, 0.5) is 8.78 Å². The molecule has 0 aromatic carbocycles. The lowest BCUT2D eigenvalue weighted by Crippen LogP contribution is -2.32. The van der Waals surface area contributed by atoms with Gasteiger partial charge in [-0.2, -0.15) is 0 Å². The normalized spacial score (nSPS) is 34.9. The number of aliphatic hydroxyl groups is 2. The monoisotopic (exact) mass is 267 g/mol. The molecule has 4 unspecified atom stereocenters. The lowest BCUT2D eigenvalue weighted by molar-refractivity contribution is -0.0377. The predicted molar refractivity (Wildman–Crippen MR) is 63.7 cm³/mol. The van der Waals surface area contributed by atoms with Crippen molar-refractivity contribution in [2.45, 2.75) is 49.8 Å². The number of aliphatic hydroxyl groups excluding tert-OH is 1. The van der Waals surface area contributed by atoms with Gasteiger partial charge in [0.1, 0.15) is 0 Å². The third-order valence-electron chi connectivity index (χ3n) is 3.68. The van der Waals surface area contributed by atoms with Gasteiger partial charge < -0.3 is 10.2 Å². The Hall–Kier alpha value is 0.170. The molecule has 2 fully saturated rings. The summed E-state index contributed by atoms with van der Waals surface area (Å²) in [5.74, 6) is -2.65. The number of hydrogen-bond donors (Lipinski definition) is 2. The first-order chi connectivity index (χ1) is 7.90. The average Bonchev–Trinajstić information content (AvgIpc) is 2.63.